The van der Waals surface area contributed by atoms with Gasteiger partial charge in [0.1, 0.15) is 6.10 Å². The van der Waals surface area contributed by atoms with Crippen molar-refractivity contribution in [3.8, 4) is 0 Å². The molecule has 2 heterocycles. The lowest BCUT2D eigenvalue weighted by Crippen LogP contribution is -2.34. The fourth-order valence-corrected chi connectivity index (χ4v) is 2.69. The van der Waals surface area contributed by atoms with E-state index in [1.54, 1.807) is 0 Å². The first kappa shape index (κ1) is 13.3. The molecule has 1 saturated heterocycles. The van der Waals surface area contributed by atoms with Crippen LogP contribution in [0.4, 0.5) is 0 Å². The fraction of sp³-hybridized carbons (Fsp3) is 0.438. The molecule has 106 valence electrons. The third kappa shape index (κ3) is 2.92. The monoisotopic (exact) mass is 271 g/mol. The van der Waals surface area contributed by atoms with Gasteiger partial charge in [0, 0.05) is 19.6 Å². The first-order valence-electron chi connectivity index (χ1n) is 7.22. The van der Waals surface area contributed by atoms with E-state index < -0.39 is 0 Å². The van der Waals surface area contributed by atoms with Crippen LogP contribution in [0.5, 0.6) is 0 Å². The van der Waals surface area contributed by atoms with Gasteiger partial charge in [-0.2, -0.15) is 0 Å². The summed E-state index contributed by atoms with van der Waals surface area (Å²) in [5, 5.41) is 3.37. The summed E-state index contributed by atoms with van der Waals surface area (Å²) in [5.74, 6) is 0.459. The number of imidazole rings is 1. The van der Waals surface area contributed by atoms with Crippen LogP contribution in [0.1, 0.15) is 30.2 Å². The van der Waals surface area contributed by atoms with Crippen LogP contribution in [0.25, 0.3) is 0 Å². The molecule has 0 radical (unpaired) electrons. The number of ether oxygens (including phenoxy) is 1. The van der Waals surface area contributed by atoms with Crippen molar-refractivity contribution in [2.45, 2.75) is 25.5 Å². The highest BCUT2D eigenvalue weighted by Crippen LogP contribution is 2.22. The molecule has 1 aromatic carbocycles. The van der Waals surface area contributed by atoms with Crippen molar-refractivity contribution in [3.05, 3.63) is 54.1 Å². The highest BCUT2D eigenvalue weighted by molar-refractivity contribution is 5.19. The van der Waals surface area contributed by atoms with Crippen LogP contribution in [0.2, 0.25) is 0 Å². The molecule has 1 N–H and O–H groups in total. The second-order valence-corrected chi connectivity index (χ2v) is 5.35. The number of morpholine rings is 1. The number of nitrogens with zero attached hydrogens (tertiary/aromatic N) is 2. The molecule has 1 fully saturated rings. The van der Waals surface area contributed by atoms with Crippen molar-refractivity contribution in [1.29, 1.82) is 0 Å². The van der Waals surface area contributed by atoms with E-state index in [0.29, 0.717) is 5.92 Å². The molecule has 2 unspecified atom stereocenters. The Labute approximate surface area is 119 Å². The number of hydrogen-bond acceptors (Lipinski definition) is 3. The Bertz CT molecular complexity index is 532. The van der Waals surface area contributed by atoms with E-state index in [1.807, 2.05) is 12.5 Å². The maximum absolute atomic E-state index is 5.83. The second kappa shape index (κ2) is 6.20. The summed E-state index contributed by atoms with van der Waals surface area (Å²) in [6, 6.07) is 10.6. The Kier molecular flexibility index (Phi) is 4.14. The number of rotatable bonds is 4. The van der Waals surface area contributed by atoms with Crippen LogP contribution in [0.3, 0.4) is 0 Å². The van der Waals surface area contributed by atoms with E-state index in [-0.39, 0.29) is 6.10 Å². The molecule has 20 heavy (non-hydrogen) atoms. The summed E-state index contributed by atoms with van der Waals surface area (Å²) in [5.41, 5.74) is 2.52. The molecule has 0 bridgehead atoms. The van der Waals surface area contributed by atoms with Crippen LogP contribution in [-0.2, 0) is 11.3 Å². The molecule has 2 aromatic rings. The highest BCUT2D eigenvalue weighted by Gasteiger charge is 2.20. The van der Waals surface area contributed by atoms with Crippen LogP contribution >= 0.6 is 0 Å². The van der Waals surface area contributed by atoms with E-state index in [9.17, 15) is 0 Å². The first-order valence-corrected chi connectivity index (χ1v) is 7.22. The van der Waals surface area contributed by atoms with Gasteiger partial charge < -0.3 is 14.6 Å². The molecule has 0 amide bonds. The minimum Gasteiger partial charge on any atom is -0.369 e. The zero-order valence-corrected chi connectivity index (χ0v) is 11.8. The van der Waals surface area contributed by atoms with Crippen LogP contribution in [0.15, 0.2) is 42.9 Å². The van der Waals surface area contributed by atoms with Gasteiger partial charge in [-0.25, -0.2) is 4.98 Å². The van der Waals surface area contributed by atoms with Gasteiger partial charge in [-0.3, -0.25) is 0 Å². The summed E-state index contributed by atoms with van der Waals surface area (Å²) in [7, 11) is 0. The molecular weight excluding hydrogens is 250 g/mol. The van der Waals surface area contributed by atoms with Crippen molar-refractivity contribution in [3.63, 3.8) is 0 Å². The molecule has 3 rings (SSSR count). The molecular formula is C16H21N3O. The predicted molar refractivity (Wildman–Crippen MR) is 78.6 cm³/mol. The van der Waals surface area contributed by atoms with E-state index in [0.717, 1.165) is 26.2 Å². The number of aromatic nitrogens is 2. The molecule has 2 atom stereocenters. The molecule has 1 aliphatic rings. The summed E-state index contributed by atoms with van der Waals surface area (Å²) in [6.07, 6.45) is 3.96. The average Bonchev–Trinajstić information content (AvgIpc) is 2.97. The second-order valence-electron chi connectivity index (χ2n) is 5.35. The van der Waals surface area contributed by atoms with Gasteiger partial charge in [-0.1, -0.05) is 37.3 Å². The van der Waals surface area contributed by atoms with Gasteiger partial charge in [-0.15, -0.1) is 0 Å². The van der Waals surface area contributed by atoms with Crippen molar-refractivity contribution in [2.24, 2.45) is 0 Å². The molecule has 0 saturated carbocycles. The Balaban J connectivity index is 1.73. The van der Waals surface area contributed by atoms with Crippen LogP contribution < -0.4 is 5.32 Å². The topological polar surface area (TPSA) is 39.1 Å². The molecule has 0 spiro atoms. The normalized spacial score (nSPS) is 20.8. The lowest BCUT2D eigenvalue weighted by Gasteiger charge is -2.25. The summed E-state index contributed by atoms with van der Waals surface area (Å²) >= 11 is 0. The van der Waals surface area contributed by atoms with Gasteiger partial charge in [-0.05, 0) is 11.5 Å². The smallest absolute Gasteiger partial charge is 0.111 e. The zero-order valence-electron chi connectivity index (χ0n) is 11.8. The van der Waals surface area contributed by atoms with E-state index in [2.05, 4.69) is 52.1 Å². The van der Waals surface area contributed by atoms with Gasteiger partial charge >= 0.3 is 0 Å². The average molecular weight is 271 g/mol. The maximum Gasteiger partial charge on any atom is 0.111 e. The van der Waals surface area contributed by atoms with E-state index in [4.69, 9.17) is 4.74 Å². The quantitative estimate of drug-likeness (QED) is 0.927. The van der Waals surface area contributed by atoms with Crippen LogP contribution in [0, 0.1) is 0 Å². The Morgan fingerprint density at radius 2 is 2.25 bits per heavy atom. The summed E-state index contributed by atoms with van der Waals surface area (Å²) < 4.78 is 8.04. The molecule has 4 heteroatoms. The summed E-state index contributed by atoms with van der Waals surface area (Å²) in [4.78, 5) is 4.30. The SMILES string of the molecule is CC(Cn1cncc1C1CNCCO1)c1ccccc1. The molecule has 4 nitrogen and oxygen atoms in total. The standard InChI is InChI=1S/C16H21N3O/c1-13(14-5-3-2-4-6-14)11-19-12-18-9-15(19)16-10-17-7-8-20-16/h2-6,9,12-13,16-17H,7-8,10-11H2,1H3. The van der Waals surface area contributed by atoms with Gasteiger partial charge in [0.2, 0.25) is 0 Å². The highest BCUT2D eigenvalue weighted by atomic mass is 16.5. The fourth-order valence-electron chi connectivity index (χ4n) is 2.69. The van der Waals surface area contributed by atoms with Crippen molar-refractivity contribution in [2.75, 3.05) is 19.7 Å². The third-order valence-corrected chi connectivity index (χ3v) is 3.84. The van der Waals surface area contributed by atoms with Crippen molar-refractivity contribution >= 4 is 0 Å². The van der Waals surface area contributed by atoms with Crippen molar-refractivity contribution < 1.29 is 4.74 Å². The first-order chi connectivity index (χ1) is 9.84. The Morgan fingerprint density at radius 1 is 1.40 bits per heavy atom. The summed E-state index contributed by atoms with van der Waals surface area (Å²) in [6.45, 7) is 5.75. The maximum atomic E-state index is 5.83. The molecule has 1 aliphatic heterocycles. The minimum absolute atomic E-state index is 0.120. The van der Waals surface area contributed by atoms with Crippen molar-refractivity contribution in [1.82, 2.24) is 14.9 Å². The van der Waals surface area contributed by atoms with Gasteiger partial charge in [0.15, 0.2) is 0 Å². The Hall–Kier alpha value is -1.65. The zero-order chi connectivity index (χ0) is 13.8. The van der Waals surface area contributed by atoms with Gasteiger partial charge in [0.25, 0.3) is 0 Å². The third-order valence-electron chi connectivity index (χ3n) is 3.84. The number of benzene rings is 1. The van der Waals surface area contributed by atoms with E-state index in [1.165, 1.54) is 11.3 Å². The largest absolute Gasteiger partial charge is 0.369 e. The predicted octanol–water partition coefficient (Wildman–Crippen LogP) is 2.35. The molecule has 1 aromatic heterocycles. The number of nitrogens with one attached hydrogen (secondary N) is 1. The van der Waals surface area contributed by atoms with Gasteiger partial charge in [0.05, 0.1) is 24.8 Å². The lowest BCUT2D eigenvalue weighted by molar-refractivity contribution is 0.0226. The lowest BCUT2D eigenvalue weighted by atomic mass is 10.0. The van der Waals surface area contributed by atoms with Crippen LogP contribution in [-0.4, -0.2) is 29.2 Å². The minimum atomic E-state index is 0.120. The molecule has 0 aliphatic carbocycles. The van der Waals surface area contributed by atoms with E-state index >= 15 is 0 Å². The number of hydrogen-bond donors (Lipinski definition) is 1. The Morgan fingerprint density at radius 3 is 3.00 bits per heavy atom.